The Balaban J connectivity index is 2.64. The van der Waals surface area contributed by atoms with E-state index in [1.807, 2.05) is 0 Å². The number of hydrogen-bond donors (Lipinski definition) is 0. The lowest BCUT2D eigenvalue weighted by Crippen LogP contribution is -1.93. The number of rotatable bonds is 0. The van der Waals surface area contributed by atoms with Crippen LogP contribution >= 0.6 is 15.9 Å². The topological polar surface area (TPSA) is 18.5 Å². The lowest BCUT2D eigenvalue weighted by Gasteiger charge is -1.97. The van der Waals surface area contributed by atoms with Crippen LogP contribution in [0.15, 0.2) is 16.6 Å². The van der Waals surface area contributed by atoms with E-state index in [0.717, 1.165) is 0 Å². The summed E-state index contributed by atoms with van der Waals surface area (Å²) in [7, 11) is 0. The van der Waals surface area contributed by atoms with Gasteiger partial charge in [0, 0.05) is 0 Å². The zero-order chi connectivity index (χ0) is 7.84. The molecule has 0 amide bonds. The van der Waals surface area contributed by atoms with E-state index in [0.29, 0.717) is 10.2 Å². The normalized spacial score (nSPS) is 13.6. The minimum Gasteiger partial charge on any atom is -0.452 e. The molecule has 2 rings (SSSR count). The molecule has 0 spiro atoms. The summed E-state index contributed by atoms with van der Waals surface area (Å²) in [4.78, 5) is 0. The third kappa shape index (κ3) is 0.976. The quantitative estimate of drug-likeness (QED) is 0.666. The lowest BCUT2D eigenvalue weighted by atomic mass is 10.3. The van der Waals surface area contributed by atoms with E-state index >= 15 is 0 Å². The molecular weight excluding hydrogens is 215 g/mol. The summed E-state index contributed by atoms with van der Waals surface area (Å²) >= 11 is 3.21. The third-order valence-corrected chi connectivity index (χ3v) is 2.05. The van der Waals surface area contributed by atoms with Crippen molar-refractivity contribution in [1.29, 1.82) is 0 Å². The Hall–Kier alpha value is -0.770. The van der Waals surface area contributed by atoms with Gasteiger partial charge in [0.2, 0.25) is 12.5 Å². The van der Waals surface area contributed by atoms with Crippen LogP contribution in [0, 0.1) is 5.82 Å². The largest absolute Gasteiger partial charge is 0.452 e. The van der Waals surface area contributed by atoms with Gasteiger partial charge in [-0.3, -0.25) is 0 Å². The Morgan fingerprint density at radius 3 is 2.73 bits per heavy atom. The molecular formula is C7H4BrFO2. The van der Waals surface area contributed by atoms with Crippen LogP contribution in [0.5, 0.6) is 11.5 Å². The SMILES string of the molecule is Fc1ccc(Br)c2c1OCO2. The summed E-state index contributed by atoms with van der Waals surface area (Å²) < 4.78 is 23.4. The van der Waals surface area contributed by atoms with E-state index in [9.17, 15) is 4.39 Å². The Bertz CT molecular complexity index is 272. The molecule has 0 unspecified atom stereocenters. The van der Waals surface area contributed by atoms with Gasteiger partial charge < -0.3 is 9.47 Å². The van der Waals surface area contributed by atoms with Crippen molar-refractivity contribution in [3.05, 3.63) is 22.4 Å². The van der Waals surface area contributed by atoms with Crippen LogP contribution in [0.3, 0.4) is 0 Å². The smallest absolute Gasteiger partial charge is 0.231 e. The van der Waals surface area contributed by atoms with Crippen LogP contribution in [0.1, 0.15) is 0 Å². The molecule has 0 aliphatic carbocycles. The molecule has 0 saturated carbocycles. The second-order valence-electron chi connectivity index (χ2n) is 2.09. The molecule has 4 heteroatoms. The zero-order valence-corrected chi connectivity index (χ0v) is 7.02. The molecule has 0 bridgehead atoms. The first-order chi connectivity index (χ1) is 5.29. The van der Waals surface area contributed by atoms with Crippen molar-refractivity contribution in [2.24, 2.45) is 0 Å². The van der Waals surface area contributed by atoms with Crippen molar-refractivity contribution in [3.63, 3.8) is 0 Å². The highest BCUT2D eigenvalue weighted by Gasteiger charge is 2.20. The minimum absolute atomic E-state index is 0.0921. The summed E-state index contributed by atoms with van der Waals surface area (Å²) in [6.07, 6.45) is 0. The molecule has 1 aromatic carbocycles. The predicted molar refractivity (Wildman–Crippen MR) is 40.2 cm³/mol. The molecule has 1 aromatic rings. The highest BCUT2D eigenvalue weighted by atomic mass is 79.9. The molecule has 58 valence electrons. The monoisotopic (exact) mass is 218 g/mol. The molecule has 0 atom stereocenters. The Morgan fingerprint density at radius 2 is 2.00 bits per heavy atom. The minimum atomic E-state index is -0.388. The highest BCUT2D eigenvalue weighted by Crippen LogP contribution is 2.40. The second-order valence-corrected chi connectivity index (χ2v) is 2.95. The van der Waals surface area contributed by atoms with Gasteiger partial charge >= 0.3 is 0 Å². The summed E-state index contributed by atoms with van der Waals surface area (Å²) in [5, 5.41) is 0. The van der Waals surface area contributed by atoms with Crippen molar-refractivity contribution in [2.75, 3.05) is 6.79 Å². The van der Waals surface area contributed by atoms with Crippen LogP contribution in [0.4, 0.5) is 4.39 Å². The van der Waals surface area contributed by atoms with Gasteiger partial charge in [-0.1, -0.05) is 0 Å². The van der Waals surface area contributed by atoms with Crippen LogP contribution in [-0.4, -0.2) is 6.79 Å². The summed E-state index contributed by atoms with van der Waals surface area (Å²) in [5.41, 5.74) is 0. The molecule has 2 nitrogen and oxygen atoms in total. The van der Waals surface area contributed by atoms with E-state index < -0.39 is 0 Å². The number of hydrogen-bond acceptors (Lipinski definition) is 2. The Morgan fingerprint density at radius 1 is 1.27 bits per heavy atom. The van der Waals surface area contributed by atoms with Gasteiger partial charge in [-0.05, 0) is 28.1 Å². The maximum absolute atomic E-state index is 12.8. The van der Waals surface area contributed by atoms with Gasteiger partial charge in [0.05, 0.1) is 4.47 Å². The molecule has 1 aliphatic heterocycles. The maximum Gasteiger partial charge on any atom is 0.231 e. The molecule has 0 saturated heterocycles. The summed E-state index contributed by atoms with van der Waals surface area (Å²) in [5.74, 6) is 0.255. The molecule has 1 aliphatic rings. The lowest BCUT2D eigenvalue weighted by molar-refractivity contribution is 0.170. The first-order valence-corrected chi connectivity index (χ1v) is 3.82. The Labute approximate surface area is 71.1 Å². The van der Waals surface area contributed by atoms with E-state index in [2.05, 4.69) is 15.9 Å². The molecule has 11 heavy (non-hydrogen) atoms. The van der Waals surface area contributed by atoms with Crippen molar-refractivity contribution in [1.82, 2.24) is 0 Å². The van der Waals surface area contributed by atoms with E-state index in [1.54, 1.807) is 6.07 Å². The van der Waals surface area contributed by atoms with Crippen LogP contribution in [-0.2, 0) is 0 Å². The summed E-state index contributed by atoms with van der Waals surface area (Å²) in [6, 6.07) is 2.92. The van der Waals surface area contributed by atoms with Gasteiger partial charge in [0.25, 0.3) is 0 Å². The van der Waals surface area contributed by atoms with Crippen LogP contribution in [0.2, 0.25) is 0 Å². The van der Waals surface area contributed by atoms with Crippen molar-refractivity contribution >= 4 is 15.9 Å². The first-order valence-electron chi connectivity index (χ1n) is 3.02. The highest BCUT2D eigenvalue weighted by molar-refractivity contribution is 9.10. The molecule has 1 heterocycles. The van der Waals surface area contributed by atoms with Gasteiger partial charge in [-0.2, -0.15) is 0 Å². The average molecular weight is 219 g/mol. The summed E-state index contributed by atoms with van der Waals surface area (Å²) in [6.45, 7) is 0.0921. The molecule has 0 radical (unpaired) electrons. The van der Waals surface area contributed by atoms with E-state index in [-0.39, 0.29) is 18.4 Å². The standard InChI is InChI=1S/C7H4BrFO2/c8-4-1-2-5(9)7-6(4)10-3-11-7/h1-2H,3H2. The third-order valence-electron chi connectivity index (χ3n) is 1.42. The van der Waals surface area contributed by atoms with Gasteiger partial charge in [0.1, 0.15) is 0 Å². The van der Waals surface area contributed by atoms with Gasteiger partial charge in [0.15, 0.2) is 11.6 Å². The van der Waals surface area contributed by atoms with Crippen molar-refractivity contribution < 1.29 is 13.9 Å². The van der Waals surface area contributed by atoms with Crippen molar-refractivity contribution in [2.45, 2.75) is 0 Å². The first kappa shape index (κ1) is 6.91. The molecule has 0 N–H and O–H groups in total. The number of halogens is 2. The van der Waals surface area contributed by atoms with Crippen LogP contribution < -0.4 is 9.47 Å². The van der Waals surface area contributed by atoms with Crippen LogP contribution in [0.25, 0.3) is 0 Å². The average Bonchev–Trinajstić information content (AvgIpc) is 2.45. The fourth-order valence-corrected chi connectivity index (χ4v) is 1.36. The Kier molecular flexibility index (Phi) is 1.49. The fourth-order valence-electron chi connectivity index (χ4n) is 0.931. The maximum atomic E-state index is 12.8. The number of ether oxygens (including phenoxy) is 2. The molecule has 0 fully saturated rings. The number of benzene rings is 1. The zero-order valence-electron chi connectivity index (χ0n) is 5.43. The second kappa shape index (κ2) is 2.37. The van der Waals surface area contributed by atoms with Crippen molar-refractivity contribution in [3.8, 4) is 11.5 Å². The van der Waals surface area contributed by atoms with Gasteiger partial charge in [-0.15, -0.1) is 0 Å². The predicted octanol–water partition coefficient (Wildman–Crippen LogP) is 2.32. The van der Waals surface area contributed by atoms with Gasteiger partial charge in [-0.25, -0.2) is 4.39 Å². The number of fused-ring (bicyclic) bond motifs is 1. The molecule has 0 aromatic heterocycles. The van der Waals surface area contributed by atoms with E-state index in [1.165, 1.54) is 6.07 Å². The fraction of sp³-hybridized carbons (Fsp3) is 0.143. The van der Waals surface area contributed by atoms with E-state index in [4.69, 9.17) is 9.47 Å².